The van der Waals surface area contributed by atoms with Gasteiger partial charge >= 0.3 is 5.97 Å². The zero-order valence-electron chi connectivity index (χ0n) is 20.6. The van der Waals surface area contributed by atoms with Crippen molar-refractivity contribution in [2.45, 2.75) is 70.6 Å². The van der Waals surface area contributed by atoms with Crippen molar-refractivity contribution in [2.75, 3.05) is 14.2 Å². The lowest BCUT2D eigenvalue weighted by atomic mass is 9.90. The second-order valence-electron chi connectivity index (χ2n) is 8.98. The molecule has 0 bridgehead atoms. The van der Waals surface area contributed by atoms with Gasteiger partial charge in [0.1, 0.15) is 11.5 Å². The highest BCUT2D eigenvalue weighted by Crippen LogP contribution is 2.34. The van der Waals surface area contributed by atoms with Gasteiger partial charge in [0.2, 0.25) is 0 Å². The molecule has 0 radical (unpaired) electrons. The van der Waals surface area contributed by atoms with Crippen LogP contribution in [0.25, 0.3) is 21.9 Å². The van der Waals surface area contributed by atoms with E-state index in [-0.39, 0.29) is 0 Å². The van der Waals surface area contributed by atoms with Crippen molar-refractivity contribution in [1.82, 2.24) is 0 Å². The number of aliphatic carboxylic acids is 1. The van der Waals surface area contributed by atoms with E-state index in [1.165, 1.54) is 66.0 Å². The minimum Gasteiger partial charge on any atom is -0.497 e. The Balaban J connectivity index is 1.58. The summed E-state index contributed by atoms with van der Waals surface area (Å²) in [6.45, 7) is 0. The van der Waals surface area contributed by atoms with E-state index in [1.54, 1.807) is 14.2 Å². The van der Waals surface area contributed by atoms with Crippen LogP contribution in [0.2, 0.25) is 0 Å². The van der Waals surface area contributed by atoms with E-state index in [0.29, 0.717) is 6.42 Å². The summed E-state index contributed by atoms with van der Waals surface area (Å²) in [5.41, 5.74) is 3.92. The summed E-state index contributed by atoms with van der Waals surface area (Å²) < 4.78 is 10.8. The molecule has 0 amide bonds. The fraction of sp³-hybridized carbons (Fsp3) is 0.433. The van der Waals surface area contributed by atoms with Crippen LogP contribution in [-0.4, -0.2) is 25.3 Å². The van der Waals surface area contributed by atoms with Gasteiger partial charge in [-0.2, -0.15) is 0 Å². The van der Waals surface area contributed by atoms with Crippen molar-refractivity contribution < 1.29 is 19.4 Å². The van der Waals surface area contributed by atoms with Gasteiger partial charge in [-0.1, -0.05) is 75.3 Å². The molecule has 0 heterocycles. The van der Waals surface area contributed by atoms with Gasteiger partial charge < -0.3 is 14.6 Å². The number of ether oxygens (including phenoxy) is 2. The molecule has 182 valence electrons. The van der Waals surface area contributed by atoms with Gasteiger partial charge in [-0.3, -0.25) is 4.79 Å². The number of carboxylic acid groups (broad SMARTS) is 1. The van der Waals surface area contributed by atoms with Crippen LogP contribution in [0.15, 0.2) is 54.6 Å². The zero-order chi connectivity index (χ0) is 24.2. The van der Waals surface area contributed by atoms with Gasteiger partial charge in [0.15, 0.2) is 0 Å². The molecular weight excluding hydrogens is 424 g/mol. The van der Waals surface area contributed by atoms with E-state index in [2.05, 4.69) is 42.5 Å². The molecule has 1 N–H and O–H groups in total. The first-order chi connectivity index (χ1) is 16.6. The quantitative estimate of drug-likeness (QED) is 0.232. The van der Waals surface area contributed by atoms with Crippen LogP contribution < -0.4 is 9.47 Å². The van der Waals surface area contributed by atoms with Crippen molar-refractivity contribution in [3.05, 3.63) is 60.2 Å². The maximum Gasteiger partial charge on any atom is 0.303 e. The monoisotopic (exact) mass is 462 g/mol. The highest BCUT2D eigenvalue weighted by atomic mass is 16.5. The van der Waals surface area contributed by atoms with Crippen molar-refractivity contribution >= 4 is 16.7 Å². The van der Waals surface area contributed by atoms with E-state index < -0.39 is 5.97 Å². The summed E-state index contributed by atoms with van der Waals surface area (Å²) >= 11 is 0. The maximum atomic E-state index is 10.6. The number of benzene rings is 3. The van der Waals surface area contributed by atoms with Crippen LogP contribution in [0, 0.1) is 0 Å². The molecule has 34 heavy (non-hydrogen) atoms. The Morgan fingerprint density at radius 1 is 0.706 bits per heavy atom. The fourth-order valence-corrected chi connectivity index (χ4v) is 4.63. The van der Waals surface area contributed by atoms with Gasteiger partial charge in [-0.05, 0) is 71.0 Å². The van der Waals surface area contributed by atoms with Crippen LogP contribution in [0.1, 0.15) is 69.8 Å². The van der Waals surface area contributed by atoms with Crippen molar-refractivity contribution in [3.8, 4) is 22.6 Å². The number of aryl methyl sites for hydroxylation is 1. The van der Waals surface area contributed by atoms with Gasteiger partial charge in [-0.25, -0.2) is 0 Å². The van der Waals surface area contributed by atoms with E-state index >= 15 is 0 Å². The Labute approximate surface area is 203 Å². The standard InChI is InChI=1S/C30H38O4/c1-33-25-17-14-23(15-18-25)27-20-16-24-22-26(34-2)19-21-28(24)29(27)12-10-8-6-4-3-5-7-9-11-13-30(31)32/h14-22H,3-13H2,1-2H3,(H,31,32). The number of carbonyl (C=O) groups is 1. The number of carboxylic acids is 1. The third kappa shape index (κ3) is 7.51. The van der Waals surface area contributed by atoms with Crippen molar-refractivity contribution in [3.63, 3.8) is 0 Å². The summed E-state index contributed by atoms with van der Waals surface area (Å²) in [6, 6.07) is 19.1. The van der Waals surface area contributed by atoms with Crippen LogP contribution in [0.4, 0.5) is 0 Å². The molecule has 0 aliphatic carbocycles. The molecule has 0 aromatic heterocycles. The molecule has 4 heteroatoms. The summed E-state index contributed by atoms with van der Waals surface area (Å²) in [6.07, 6.45) is 11.7. The highest BCUT2D eigenvalue weighted by molar-refractivity contribution is 5.92. The SMILES string of the molecule is COc1ccc(-c2ccc3cc(OC)ccc3c2CCCCCCCCCCCC(=O)O)cc1. The molecule has 0 aliphatic heterocycles. The normalized spacial score (nSPS) is 11.0. The number of unbranched alkanes of at least 4 members (excludes halogenated alkanes) is 8. The lowest BCUT2D eigenvalue weighted by Crippen LogP contribution is -1.95. The molecule has 0 saturated heterocycles. The fourth-order valence-electron chi connectivity index (χ4n) is 4.63. The van der Waals surface area contributed by atoms with E-state index in [1.807, 2.05) is 12.1 Å². The summed E-state index contributed by atoms with van der Waals surface area (Å²) in [5.74, 6) is 1.08. The molecular formula is C30H38O4. The first-order valence-electron chi connectivity index (χ1n) is 12.6. The second kappa shape index (κ2) is 13.6. The van der Waals surface area contributed by atoms with E-state index in [4.69, 9.17) is 14.6 Å². The summed E-state index contributed by atoms with van der Waals surface area (Å²) in [5, 5.41) is 11.2. The van der Waals surface area contributed by atoms with Crippen LogP contribution in [0.5, 0.6) is 11.5 Å². The molecule has 0 fully saturated rings. The number of rotatable bonds is 15. The average Bonchev–Trinajstić information content (AvgIpc) is 2.86. The first kappa shape index (κ1) is 25.6. The van der Waals surface area contributed by atoms with Crippen molar-refractivity contribution in [1.29, 1.82) is 0 Å². The maximum absolute atomic E-state index is 10.6. The summed E-state index contributed by atoms with van der Waals surface area (Å²) in [7, 11) is 3.41. The van der Waals surface area contributed by atoms with Crippen LogP contribution in [0.3, 0.4) is 0 Å². The largest absolute Gasteiger partial charge is 0.497 e. The minimum absolute atomic E-state index is 0.305. The average molecular weight is 463 g/mol. The Morgan fingerprint density at radius 3 is 1.91 bits per heavy atom. The lowest BCUT2D eigenvalue weighted by molar-refractivity contribution is -0.137. The number of hydrogen-bond acceptors (Lipinski definition) is 3. The lowest BCUT2D eigenvalue weighted by Gasteiger charge is -2.15. The third-order valence-electron chi connectivity index (χ3n) is 6.56. The number of hydrogen-bond donors (Lipinski definition) is 1. The summed E-state index contributed by atoms with van der Waals surface area (Å²) in [4.78, 5) is 10.6. The molecule has 0 unspecified atom stereocenters. The Bertz CT molecular complexity index is 1040. The molecule has 0 aliphatic rings. The van der Waals surface area contributed by atoms with E-state index in [0.717, 1.165) is 37.2 Å². The van der Waals surface area contributed by atoms with Crippen LogP contribution in [-0.2, 0) is 11.2 Å². The molecule has 4 nitrogen and oxygen atoms in total. The van der Waals surface area contributed by atoms with E-state index in [9.17, 15) is 4.79 Å². The smallest absolute Gasteiger partial charge is 0.303 e. The van der Waals surface area contributed by atoms with Crippen molar-refractivity contribution in [2.24, 2.45) is 0 Å². The van der Waals surface area contributed by atoms with Gasteiger partial charge in [0.05, 0.1) is 14.2 Å². The highest BCUT2D eigenvalue weighted by Gasteiger charge is 2.11. The Morgan fingerprint density at radius 2 is 1.29 bits per heavy atom. The minimum atomic E-state index is -0.680. The molecule has 0 spiro atoms. The number of methoxy groups -OCH3 is 2. The van der Waals surface area contributed by atoms with Gasteiger partial charge in [0, 0.05) is 6.42 Å². The Hall–Kier alpha value is -3.01. The number of fused-ring (bicyclic) bond motifs is 1. The predicted octanol–water partition coefficient (Wildman–Crippen LogP) is 8.05. The van der Waals surface area contributed by atoms with Gasteiger partial charge in [0.25, 0.3) is 0 Å². The molecule has 3 aromatic rings. The molecule has 0 atom stereocenters. The third-order valence-corrected chi connectivity index (χ3v) is 6.56. The Kier molecular flexibility index (Phi) is 10.3. The zero-order valence-corrected chi connectivity index (χ0v) is 20.6. The van der Waals surface area contributed by atoms with Gasteiger partial charge in [-0.15, -0.1) is 0 Å². The van der Waals surface area contributed by atoms with Crippen LogP contribution >= 0.6 is 0 Å². The first-order valence-corrected chi connectivity index (χ1v) is 12.6. The molecule has 3 rings (SSSR count). The molecule has 0 saturated carbocycles. The second-order valence-corrected chi connectivity index (χ2v) is 8.98. The predicted molar refractivity (Wildman–Crippen MR) is 140 cm³/mol. The topological polar surface area (TPSA) is 55.8 Å². The molecule has 3 aromatic carbocycles.